The van der Waals surface area contributed by atoms with E-state index in [1.807, 2.05) is 0 Å². The molecule has 8 heteroatoms. The van der Waals surface area contributed by atoms with Crippen molar-refractivity contribution in [3.63, 3.8) is 0 Å². The van der Waals surface area contributed by atoms with E-state index >= 15 is 0 Å². The normalized spacial score (nSPS) is 10.6. The number of rotatable bonds is 4. The molecule has 0 fully saturated rings. The van der Waals surface area contributed by atoms with Gasteiger partial charge >= 0.3 is 5.97 Å². The van der Waals surface area contributed by atoms with Gasteiger partial charge in [0.15, 0.2) is 0 Å². The van der Waals surface area contributed by atoms with Gasteiger partial charge in [-0.25, -0.2) is 4.79 Å². The lowest BCUT2D eigenvalue weighted by Crippen LogP contribution is -2.20. The van der Waals surface area contributed by atoms with E-state index in [-0.39, 0.29) is 34.9 Å². The van der Waals surface area contributed by atoms with Crippen LogP contribution in [0.3, 0.4) is 0 Å². The molecule has 0 bridgehead atoms. The first-order valence-corrected chi connectivity index (χ1v) is 5.97. The smallest absolute Gasteiger partial charge is 0.339 e. The van der Waals surface area contributed by atoms with Crippen LogP contribution in [0.2, 0.25) is 0 Å². The Balaban J connectivity index is 2.42. The lowest BCUT2D eigenvalue weighted by atomic mass is 10.2. The van der Waals surface area contributed by atoms with Crippen molar-refractivity contribution in [1.29, 1.82) is 0 Å². The number of pyridine rings is 1. The van der Waals surface area contributed by atoms with E-state index < -0.39 is 16.5 Å². The second-order valence-corrected chi connectivity index (χ2v) is 4.55. The van der Waals surface area contributed by atoms with Crippen molar-refractivity contribution in [3.05, 3.63) is 61.4 Å². The van der Waals surface area contributed by atoms with Gasteiger partial charge in [-0.15, -0.1) is 0 Å². The number of furan rings is 1. The molecule has 0 amide bonds. The summed E-state index contributed by atoms with van der Waals surface area (Å²) in [6.45, 7) is 2.89. The number of aryl methyl sites for hydroxylation is 2. The number of hydrogen-bond acceptors (Lipinski definition) is 5. The third kappa shape index (κ3) is 2.83. The molecule has 2 aromatic heterocycles. The van der Waals surface area contributed by atoms with Crippen LogP contribution >= 0.6 is 0 Å². The summed E-state index contributed by atoms with van der Waals surface area (Å²) in [4.78, 5) is 33.0. The third-order valence-corrected chi connectivity index (χ3v) is 3.03. The summed E-state index contributed by atoms with van der Waals surface area (Å²) in [7, 11) is 0. The molecule has 0 saturated heterocycles. The van der Waals surface area contributed by atoms with Crippen LogP contribution in [0.4, 0.5) is 5.69 Å². The molecule has 0 aliphatic carbocycles. The van der Waals surface area contributed by atoms with Crippen LogP contribution in [0.5, 0.6) is 0 Å². The highest BCUT2D eigenvalue weighted by atomic mass is 16.6. The van der Waals surface area contributed by atoms with Gasteiger partial charge in [0.2, 0.25) is 0 Å². The lowest BCUT2D eigenvalue weighted by molar-refractivity contribution is -0.385. The topological polar surface area (TPSA) is 116 Å². The van der Waals surface area contributed by atoms with Crippen LogP contribution in [0.25, 0.3) is 0 Å². The molecule has 0 aliphatic rings. The molecule has 21 heavy (non-hydrogen) atoms. The minimum absolute atomic E-state index is 0.000314. The van der Waals surface area contributed by atoms with Gasteiger partial charge in [-0.3, -0.25) is 14.9 Å². The molecular weight excluding hydrogens is 280 g/mol. The number of nitro groups is 1. The van der Waals surface area contributed by atoms with E-state index in [2.05, 4.69) is 0 Å². The van der Waals surface area contributed by atoms with Crippen LogP contribution in [-0.2, 0) is 6.54 Å². The minimum Gasteiger partial charge on any atom is -0.478 e. The van der Waals surface area contributed by atoms with Crippen molar-refractivity contribution in [2.75, 3.05) is 0 Å². The molecule has 0 atom stereocenters. The zero-order valence-electron chi connectivity index (χ0n) is 11.3. The highest BCUT2D eigenvalue weighted by molar-refractivity contribution is 5.88. The molecular formula is C13H12N2O6. The maximum Gasteiger partial charge on any atom is 0.339 e. The fourth-order valence-corrected chi connectivity index (χ4v) is 1.97. The standard InChI is InChI=1S/C13H12N2O6/c1-7-3-12(16)14(6-11(7)15(19)20)5-9-4-10(13(17)18)8(2)21-9/h3-4,6H,5H2,1-2H3,(H,17,18). The number of carboxylic acid groups (broad SMARTS) is 1. The zero-order valence-corrected chi connectivity index (χ0v) is 11.3. The maximum atomic E-state index is 11.8. The van der Waals surface area contributed by atoms with E-state index in [1.54, 1.807) is 0 Å². The zero-order chi connectivity index (χ0) is 15.7. The van der Waals surface area contributed by atoms with Gasteiger partial charge in [0.25, 0.3) is 11.2 Å². The van der Waals surface area contributed by atoms with Crippen LogP contribution in [-0.4, -0.2) is 20.6 Å². The van der Waals surface area contributed by atoms with Gasteiger partial charge in [0.05, 0.1) is 17.7 Å². The SMILES string of the molecule is Cc1cc(=O)n(Cc2cc(C(=O)O)c(C)o2)cc1[N+](=O)[O-]. The van der Waals surface area contributed by atoms with Crippen LogP contribution in [0.1, 0.15) is 27.4 Å². The van der Waals surface area contributed by atoms with Gasteiger partial charge in [-0.2, -0.15) is 0 Å². The van der Waals surface area contributed by atoms with E-state index in [1.165, 1.54) is 19.9 Å². The Labute approximate surface area is 118 Å². The van der Waals surface area contributed by atoms with Crippen molar-refractivity contribution in [3.8, 4) is 0 Å². The fraction of sp³-hybridized carbons (Fsp3) is 0.231. The Morgan fingerprint density at radius 1 is 1.43 bits per heavy atom. The quantitative estimate of drug-likeness (QED) is 0.677. The summed E-state index contributed by atoms with van der Waals surface area (Å²) >= 11 is 0. The molecule has 0 aromatic carbocycles. The van der Waals surface area contributed by atoms with Crippen LogP contribution in [0.15, 0.2) is 27.5 Å². The average molecular weight is 292 g/mol. The van der Waals surface area contributed by atoms with Gasteiger partial charge in [-0.05, 0) is 19.9 Å². The lowest BCUT2D eigenvalue weighted by Gasteiger charge is -2.04. The summed E-state index contributed by atoms with van der Waals surface area (Å²) in [5.41, 5.74) is -0.344. The molecule has 0 saturated carbocycles. The van der Waals surface area contributed by atoms with E-state index in [4.69, 9.17) is 9.52 Å². The first-order valence-electron chi connectivity index (χ1n) is 5.97. The molecule has 2 aromatic rings. The molecule has 0 radical (unpaired) electrons. The molecule has 8 nitrogen and oxygen atoms in total. The van der Waals surface area contributed by atoms with Crippen LogP contribution in [0, 0.1) is 24.0 Å². The summed E-state index contributed by atoms with van der Waals surface area (Å²) < 4.78 is 6.36. The molecule has 0 aliphatic heterocycles. The first-order chi connectivity index (χ1) is 9.79. The van der Waals surface area contributed by atoms with Crippen molar-refractivity contribution in [1.82, 2.24) is 4.57 Å². The highest BCUT2D eigenvalue weighted by Crippen LogP contribution is 2.18. The van der Waals surface area contributed by atoms with Gasteiger partial charge in [-0.1, -0.05) is 0 Å². The molecule has 2 rings (SSSR count). The van der Waals surface area contributed by atoms with Gasteiger partial charge in [0.1, 0.15) is 17.1 Å². The van der Waals surface area contributed by atoms with E-state index in [0.29, 0.717) is 0 Å². The Morgan fingerprint density at radius 2 is 2.10 bits per heavy atom. The Morgan fingerprint density at radius 3 is 2.62 bits per heavy atom. The number of carboxylic acids is 1. The highest BCUT2D eigenvalue weighted by Gasteiger charge is 2.17. The molecule has 0 spiro atoms. The number of aromatic carboxylic acids is 1. The summed E-state index contributed by atoms with van der Waals surface area (Å²) in [5.74, 6) is -0.679. The van der Waals surface area contributed by atoms with E-state index in [0.717, 1.165) is 16.8 Å². The number of nitrogens with zero attached hydrogens (tertiary/aromatic N) is 2. The first kappa shape index (κ1) is 14.5. The number of hydrogen-bond donors (Lipinski definition) is 1. The second-order valence-electron chi connectivity index (χ2n) is 4.55. The van der Waals surface area contributed by atoms with Gasteiger partial charge in [0, 0.05) is 11.6 Å². The monoisotopic (exact) mass is 292 g/mol. The molecule has 2 heterocycles. The molecule has 110 valence electrons. The fourth-order valence-electron chi connectivity index (χ4n) is 1.97. The third-order valence-electron chi connectivity index (χ3n) is 3.03. The average Bonchev–Trinajstić information content (AvgIpc) is 2.73. The maximum absolute atomic E-state index is 11.8. The van der Waals surface area contributed by atoms with Crippen molar-refractivity contribution in [2.45, 2.75) is 20.4 Å². The van der Waals surface area contributed by atoms with E-state index in [9.17, 15) is 19.7 Å². The van der Waals surface area contributed by atoms with Gasteiger partial charge < -0.3 is 14.1 Å². The summed E-state index contributed by atoms with van der Waals surface area (Å²) in [6.07, 6.45) is 1.12. The number of aromatic nitrogens is 1. The Bertz CT molecular complexity index is 786. The molecule has 1 N–H and O–H groups in total. The second kappa shape index (κ2) is 5.23. The minimum atomic E-state index is -1.13. The largest absolute Gasteiger partial charge is 0.478 e. The van der Waals surface area contributed by atoms with Crippen molar-refractivity contribution in [2.24, 2.45) is 0 Å². The Kier molecular flexibility index (Phi) is 3.62. The summed E-state index contributed by atoms with van der Waals surface area (Å²) in [5, 5.41) is 19.8. The summed E-state index contributed by atoms with van der Waals surface area (Å²) in [6, 6.07) is 2.46. The predicted octanol–water partition coefficient (Wildman–Crippen LogP) is 1.71. The Hall–Kier alpha value is -2.90. The predicted molar refractivity (Wildman–Crippen MR) is 71.6 cm³/mol. The molecule has 0 unspecified atom stereocenters. The number of carbonyl (C=O) groups is 1. The van der Waals surface area contributed by atoms with Crippen LogP contribution < -0.4 is 5.56 Å². The van der Waals surface area contributed by atoms with Crippen molar-refractivity contribution >= 4 is 11.7 Å². The van der Waals surface area contributed by atoms with Crippen molar-refractivity contribution < 1.29 is 19.2 Å².